The summed E-state index contributed by atoms with van der Waals surface area (Å²) in [5.41, 5.74) is 5.92. The Morgan fingerprint density at radius 1 is 1.22 bits per heavy atom. The lowest BCUT2D eigenvalue weighted by Gasteiger charge is -2.29. The molecule has 0 aliphatic heterocycles. The largest absolute Gasteiger partial charge is 0.537 e. The average molecular weight is 270 g/mol. The maximum absolute atomic E-state index is 5.92. The second-order valence-electron chi connectivity index (χ2n) is 3.79. The summed E-state index contributed by atoms with van der Waals surface area (Å²) >= 11 is 0. The quantitative estimate of drug-likeness (QED) is 0.516. The summed E-state index contributed by atoms with van der Waals surface area (Å²) in [6.07, 6.45) is -0.461. The zero-order valence-corrected chi connectivity index (χ0v) is 12.2. The van der Waals surface area contributed by atoms with E-state index >= 15 is 0 Å². The lowest BCUT2D eigenvalue weighted by molar-refractivity contribution is 0.0706. The zero-order chi connectivity index (χ0) is 13.4. The van der Waals surface area contributed by atoms with Crippen LogP contribution < -0.4 is 16.2 Å². The van der Waals surface area contributed by atoms with Gasteiger partial charge >= 0.3 is 8.80 Å². The van der Waals surface area contributed by atoms with E-state index in [1.54, 1.807) is 14.2 Å². The molecule has 18 heavy (non-hydrogen) atoms. The van der Waals surface area contributed by atoms with Crippen molar-refractivity contribution in [1.29, 1.82) is 0 Å². The van der Waals surface area contributed by atoms with Gasteiger partial charge in [-0.15, -0.1) is 0 Å². The Bertz CT molecular complexity index is 333. The van der Waals surface area contributed by atoms with Gasteiger partial charge in [0.2, 0.25) is 0 Å². The van der Waals surface area contributed by atoms with Crippen LogP contribution in [0.1, 0.15) is 6.92 Å². The van der Waals surface area contributed by atoms with E-state index in [0.29, 0.717) is 6.54 Å². The van der Waals surface area contributed by atoms with Crippen LogP contribution in [0.4, 0.5) is 0 Å². The van der Waals surface area contributed by atoms with Crippen LogP contribution in [-0.4, -0.2) is 42.3 Å². The van der Waals surface area contributed by atoms with Gasteiger partial charge in [-0.1, -0.05) is 37.3 Å². The first-order chi connectivity index (χ1) is 8.68. The fraction of sp³-hybridized carbons (Fsp3) is 0.500. The summed E-state index contributed by atoms with van der Waals surface area (Å²) < 4.78 is 16.9. The Morgan fingerprint density at radius 2 is 1.83 bits per heavy atom. The molecule has 0 amide bonds. The SMILES string of the molecule is CCNCC(N)O[Si](OC)(OC)c1ccccc1. The van der Waals surface area contributed by atoms with Crippen LogP contribution in [0.15, 0.2) is 30.3 Å². The maximum Gasteiger partial charge on any atom is 0.537 e. The van der Waals surface area contributed by atoms with E-state index in [1.165, 1.54) is 0 Å². The van der Waals surface area contributed by atoms with E-state index in [1.807, 2.05) is 37.3 Å². The summed E-state index contributed by atoms with van der Waals surface area (Å²) in [4.78, 5) is 0. The second kappa shape index (κ2) is 7.62. The average Bonchev–Trinajstić information content (AvgIpc) is 2.43. The molecular formula is C12H22N2O3Si. The number of likely N-dealkylation sites (N-methyl/N-ethyl adjacent to an activating group) is 1. The van der Waals surface area contributed by atoms with Crippen LogP contribution in [0.5, 0.6) is 0 Å². The molecule has 3 N–H and O–H groups in total. The summed E-state index contributed by atoms with van der Waals surface area (Å²) in [6.45, 7) is 3.42. The highest BCUT2D eigenvalue weighted by Gasteiger charge is 2.43. The standard InChI is InChI=1S/C12H22N2O3Si/c1-4-14-10-12(13)17-18(15-2,16-3)11-8-6-5-7-9-11/h5-9,12,14H,4,10,13H2,1-3H3. The van der Waals surface area contributed by atoms with E-state index in [2.05, 4.69) is 5.32 Å². The van der Waals surface area contributed by atoms with Crippen LogP contribution in [0.25, 0.3) is 0 Å². The Hall–Kier alpha value is -0.763. The van der Waals surface area contributed by atoms with Crippen molar-refractivity contribution in [2.45, 2.75) is 13.2 Å². The molecule has 0 heterocycles. The molecule has 0 bridgehead atoms. The minimum atomic E-state index is -2.90. The van der Waals surface area contributed by atoms with Crippen molar-refractivity contribution in [3.63, 3.8) is 0 Å². The minimum Gasteiger partial charge on any atom is -0.373 e. The third-order valence-electron chi connectivity index (χ3n) is 2.57. The molecule has 0 aliphatic carbocycles. The van der Waals surface area contributed by atoms with E-state index in [9.17, 15) is 0 Å². The van der Waals surface area contributed by atoms with Crippen LogP contribution in [0.2, 0.25) is 0 Å². The number of hydrogen-bond donors (Lipinski definition) is 2. The van der Waals surface area contributed by atoms with Crippen molar-refractivity contribution in [3.05, 3.63) is 30.3 Å². The fourth-order valence-corrected chi connectivity index (χ4v) is 3.70. The molecule has 1 aromatic rings. The molecule has 0 aromatic heterocycles. The van der Waals surface area contributed by atoms with Gasteiger partial charge in [0.25, 0.3) is 0 Å². The molecule has 5 nitrogen and oxygen atoms in total. The smallest absolute Gasteiger partial charge is 0.373 e. The van der Waals surface area contributed by atoms with Gasteiger partial charge in [0.15, 0.2) is 0 Å². The molecule has 0 aliphatic rings. The zero-order valence-electron chi connectivity index (χ0n) is 11.2. The van der Waals surface area contributed by atoms with E-state index < -0.39 is 15.0 Å². The molecule has 1 unspecified atom stereocenters. The van der Waals surface area contributed by atoms with E-state index in [0.717, 1.165) is 11.7 Å². The van der Waals surface area contributed by atoms with Gasteiger partial charge in [0, 0.05) is 26.0 Å². The number of nitrogens with two attached hydrogens (primary N) is 1. The lowest BCUT2D eigenvalue weighted by Crippen LogP contribution is -2.59. The highest BCUT2D eigenvalue weighted by molar-refractivity contribution is 6.75. The highest BCUT2D eigenvalue weighted by Crippen LogP contribution is 2.09. The van der Waals surface area contributed by atoms with Gasteiger partial charge in [-0.3, -0.25) is 0 Å². The van der Waals surface area contributed by atoms with Crippen molar-refractivity contribution in [2.75, 3.05) is 27.3 Å². The summed E-state index contributed by atoms with van der Waals surface area (Å²) in [5, 5.41) is 4.04. The predicted molar refractivity (Wildman–Crippen MR) is 73.5 cm³/mol. The molecule has 102 valence electrons. The maximum atomic E-state index is 5.92. The number of benzene rings is 1. The van der Waals surface area contributed by atoms with Gasteiger partial charge < -0.3 is 24.3 Å². The van der Waals surface area contributed by atoms with Gasteiger partial charge in [0.05, 0.1) is 0 Å². The van der Waals surface area contributed by atoms with Crippen LogP contribution in [-0.2, 0) is 13.3 Å². The molecule has 1 atom stereocenters. The van der Waals surface area contributed by atoms with Gasteiger partial charge in [-0.05, 0) is 6.54 Å². The van der Waals surface area contributed by atoms with Crippen LogP contribution in [0.3, 0.4) is 0 Å². The molecule has 0 radical (unpaired) electrons. The lowest BCUT2D eigenvalue weighted by atomic mass is 10.4. The van der Waals surface area contributed by atoms with Gasteiger partial charge in [-0.25, -0.2) is 0 Å². The fourth-order valence-electron chi connectivity index (χ4n) is 1.65. The van der Waals surface area contributed by atoms with Crippen molar-refractivity contribution in [3.8, 4) is 0 Å². The molecule has 1 rings (SSSR count). The highest BCUT2D eigenvalue weighted by atomic mass is 28.4. The Kier molecular flexibility index (Phi) is 6.48. The number of nitrogens with one attached hydrogen (secondary N) is 1. The number of rotatable bonds is 8. The summed E-state index contributed by atoms with van der Waals surface area (Å²) in [6, 6.07) is 9.65. The Labute approximate surface area is 110 Å². The predicted octanol–water partition coefficient (Wildman–Crippen LogP) is 0.0362. The van der Waals surface area contributed by atoms with Crippen LogP contribution >= 0.6 is 0 Å². The first-order valence-corrected chi connectivity index (χ1v) is 7.71. The van der Waals surface area contributed by atoms with Gasteiger partial charge in [0.1, 0.15) is 6.23 Å². The number of hydrogen-bond acceptors (Lipinski definition) is 5. The topological polar surface area (TPSA) is 65.7 Å². The molecule has 0 saturated heterocycles. The third kappa shape index (κ3) is 3.87. The van der Waals surface area contributed by atoms with Crippen molar-refractivity contribution in [1.82, 2.24) is 5.32 Å². The third-order valence-corrected chi connectivity index (χ3v) is 5.30. The van der Waals surface area contributed by atoms with Crippen molar-refractivity contribution in [2.24, 2.45) is 5.73 Å². The normalized spacial score (nSPS) is 13.6. The second-order valence-corrected chi connectivity index (χ2v) is 6.54. The molecule has 1 aromatic carbocycles. The molecule has 6 heteroatoms. The van der Waals surface area contributed by atoms with Crippen LogP contribution in [0, 0.1) is 0 Å². The van der Waals surface area contributed by atoms with E-state index in [4.69, 9.17) is 19.0 Å². The molecule has 0 saturated carbocycles. The van der Waals surface area contributed by atoms with Gasteiger partial charge in [-0.2, -0.15) is 0 Å². The van der Waals surface area contributed by atoms with Crippen molar-refractivity contribution >= 4 is 14.0 Å². The molecule has 0 fully saturated rings. The molecular weight excluding hydrogens is 248 g/mol. The van der Waals surface area contributed by atoms with Crippen molar-refractivity contribution < 1.29 is 13.3 Å². The Morgan fingerprint density at radius 3 is 2.33 bits per heavy atom. The summed E-state index contributed by atoms with van der Waals surface area (Å²) in [5.74, 6) is 0. The first-order valence-electron chi connectivity index (χ1n) is 5.98. The monoisotopic (exact) mass is 270 g/mol. The Balaban J connectivity index is 2.81. The molecule has 0 spiro atoms. The van der Waals surface area contributed by atoms with E-state index in [-0.39, 0.29) is 0 Å². The summed E-state index contributed by atoms with van der Waals surface area (Å²) in [7, 11) is 0.274. The minimum absolute atomic E-state index is 0.461. The first kappa shape index (κ1) is 15.3.